The lowest BCUT2D eigenvalue weighted by Crippen LogP contribution is -2.42. The number of aromatic nitrogens is 2. The summed E-state index contributed by atoms with van der Waals surface area (Å²) in [7, 11) is 0.910. The van der Waals surface area contributed by atoms with Gasteiger partial charge in [0.05, 0.1) is 5.69 Å². The molecule has 0 aromatic carbocycles. The molecule has 1 aliphatic rings. The third-order valence-electron chi connectivity index (χ3n) is 3.15. The topological polar surface area (TPSA) is 95.7 Å². The van der Waals surface area contributed by atoms with Crippen LogP contribution in [0.3, 0.4) is 0 Å². The van der Waals surface area contributed by atoms with Crippen molar-refractivity contribution in [1.29, 1.82) is 0 Å². The number of hydrogen-bond donors (Lipinski definition) is 1. The molecule has 1 aromatic rings. The van der Waals surface area contributed by atoms with Crippen molar-refractivity contribution in [2.24, 2.45) is 7.05 Å². The van der Waals surface area contributed by atoms with Crippen molar-refractivity contribution >= 4 is 16.2 Å². The fourth-order valence-electron chi connectivity index (χ4n) is 2.17. The maximum absolute atomic E-state index is 12.1. The van der Waals surface area contributed by atoms with Gasteiger partial charge in [-0.1, -0.05) is 0 Å². The zero-order valence-corrected chi connectivity index (χ0v) is 11.8. The van der Waals surface area contributed by atoms with Gasteiger partial charge in [-0.05, 0) is 0 Å². The monoisotopic (exact) mass is 288 g/mol. The maximum Gasteiger partial charge on any atom is 0.354 e. The molecule has 0 atom stereocenters. The number of aromatic carboxylic acids is 1. The second kappa shape index (κ2) is 4.58. The highest BCUT2D eigenvalue weighted by atomic mass is 32.2. The quantitative estimate of drug-likeness (QED) is 0.792. The molecule has 0 aliphatic carbocycles. The van der Waals surface area contributed by atoms with Crippen LogP contribution in [-0.2, 0) is 30.2 Å². The third-order valence-corrected chi connectivity index (χ3v) is 5.04. The van der Waals surface area contributed by atoms with E-state index in [1.165, 1.54) is 23.1 Å². The Kier molecular flexibility index (Phi) is 3.37. The molecule has 0 saturated carbocycles. The summed E-state index contributed by atoms with van der Waals surface area (Å²) in [4.78, 5) is 11.2. The maximum atomic E-state index is 12.1. The van der Waals surface area contributed by atoms with E-state index in [2.05, 4.69) is 5.10 Å². The van der Waals surface area contributed by atoms with E-state index < -0.39 is 16.2 Å². The molecule has 0 radical (unpaired) electrons. The molecule has 106 valence electrons. The van der Waals surface area contributed by atoms with Gasteiger partial charge in [0.1, 0.15) is 0 Å². The fourth-order valence-corrected chi connectivity index (χ4v) is 3.25. The van der Waals surface area contributed by atoms with Crippen LogP contribution in [0.5, 0.6) is 0 Å². The number of aryl methyl sites for hydroxylation is 1. The molecule has 0 spiro atoms. The number of nitrogens with zero attached hydrogens (tertiary/aromatic N) is 4. The summed E-state index contributed by atoms with van der Waals surface area (Å²) in [6.45, 7) is 0.356. The highest BCUT2D eigenvalue weighted by Crippen LogP contribution is 2.24. The molecule has 0 saturated heterocycles. The Hall–Kier alpha value is -1.45. The number of carbonyl (C=O) groups is 1. The van der Waals surface area contributed by atoms with Crippen molar-refractivity contribution in [3.63, 3.8) is 0 Å². The van der Waals surface area contributed by atoms with Crippen molar-refractivity contribution in [2.75, 3.05) is 20.6 Å². The number of hydrogen-bond acceptors (Lipinski definition) is 4. The van der Waals surface area contributed by atoms with Gasteiger partial charge in [-0.15, -0.1) is 0 Å². The number of rotatable bonds is 3. The molecule has 1 aliphatic heterocycles. The van der Waals surface area contributed by atoms with Gasteiger partial charge in [0.15, 0.2) is 5.69 Å². The van der Waals surface area contributed by atoms with E-state index in [-0.39, 0.29) is 12.2 Å². The van der Waals surface area contributed by atoms with Gasteiger partial charge in [-0.3, -0.25) is 4.68 Å². The minimum atomic E-state index is -3.54. The Morgan fingerprint density at radius 1 is 1.42 bits per heavy atom. The lowest BCUT2D eigenvalue weighted by Gasteiger charge is -2.28. The van der Waals surface area contributed by atoms with E-state index >= 15 is 0 Å². The Balaban J connectivity index is 2.42. The Morgan fingerprint density at radius 2 is 2.05 bits per heavy atom. The van der Waals surface area contributed by atoms with E-state index in [0.29, 0.717) is 24.2 Å². The number of carboxylic acid groups (broad SMARTS) is 1. The van der Waals surface area contributed by atoms with Crippen LogP contribution in [0.1, 0.15) is 21.7 Å². The average molecular weight is 288 g/mol. The van der Waals surface area contributed by atoms with E-state index in [0.717, 1.165) is 4.31 Å². The van der Waals surface area contributed by atoms with Crippen LogP contribution < -0.4 is 0 Å². The molecule has 1 N–H and O–H groups in total. The van der Waals surface area contributed by atoms with E-state index in [9.17, 15) is 13.2 Å². The minimum absolute atomic E-state index is 0.0469. The van der Waals surface area contributed by atoms with Crippen LogP contribution in [0, 0.1) is 0 Å². The zero-order valence-electron chi connectivity index (χ0n) is 11.0. The van der Waals surface area contributed by atoms with Crippen LogP contribution in [0.4, 0.5) is 0 Å². The minimum Gasteiger partial charge on any atom is -0.477 e. The Labute approximate surface area is 111 Å². The average Bonchev–Trinajstić information content (AvgIpc) is 2.63. The first-order valence-corrected chi connectivity index (χ1v) is 7.10. The normalized spacial score (nSPS) is 16.6. The standard InChI is InChI=1S/C10H16N4O4S/c1-12(2)19(17,18)14-5-4-8-7(6-14)9(10(15)16)13(3)11-8/h4-6H2,1-3H3,(H,15,16). The lowest BCUT2D eigenvalue weighted by atomic mass is 10.1. The molecule has 2 rings (SSSR count). The summed E-state index contributed by atoms with van der Waals surface area (Å²) in [5.41, 5.74) is 1.19. The Morgan fingerprint density at radius 3 is 2.58 bits per heavy atom. The summed E-state index contributed by atoms with van der Waals surface area (Å²) in [5, 5.41) is 13.3. The van der Waals surface area contributed by atoms with Gasteiger partial charge >= 0.3 is 5.97 Å². The van der Waals surface area contributed by atoms with E-state index in [1.54, 1.807) is 7.05 Å². The van der Waals surface area contributed by atoms with Gasteiger partial charge in [-0.25, -0.2) is 4.79 Å². The molecule has 9 heteroatoms. The predicted octanol–water partition coefficient (Wildman–Crippen LogP) is -0.717. The first-order chi connectivity index (χ1) is 8.75. The SMILES string of the molecule is CN(C)S(=O)(=O)N1CCc2nn(C)c(C(=O)O)c2C1. The van der Waals surface area contributed by atoms with Crippen LogP contribution in [0.2, 0.25) is 0 Å². The van der Waals surface area contributed by atoms with Crippen molar-refractivity contribution in [2.45, 2.75) is 13.0 Å². The van der Waals surface area contributed by atoms with Crippen LogP contribution in [0.15, 0.2) is 0 Å². The molecular formula is C10H16N4O4S. The summed E-state index contributed by atoms with van der Waals surface area (Å²) < 4.78 is 27.8. The number of fused-ring (bicyclic) bond motifs is 1. The molecule has 0 bridgehead atoms. The second-order valence-electron chi connectivity index (χ2n) is 4.58. The summed E-state index contributed by atoms with van der Waals surface area (Å²) in [6, 6.07) is 0. The lowest BCUT2D eigenvalue weighted by molar-refractivity contribution is 0.0683. The number of carboxylic acids is 1. The van der Waals surface area contributed by atoms with E-state index in [1.807, 2.05) is 0 Å². The van der Waals surface area contributed by atoms with Gasteiger partial charge in [0, 0.05) is 46.2 Å². The largest absolute Gasteiger partial charge is 0.477 e. The third kappa shape index (κ3) is 2.24. The highest BCUT2D eigenvalue weighted by molar-refractivity contribution is 7.86. The van der Waals surface area contributed by atoms with Crippen LogP contribution in [0.25, 0.3) is 0 Å². The fraction of sp³-hybridized carbons (Fsp3) is 0.600. The Bertz CT molecular complexity index is 620. The second-order valence-corrected chi connectivity index (χ2v) is 6.72. The molecule has 1 aromatic heterocycles. The molecule has 0 fully saturated rings. The van der Waals surface area contributed by atoms with Crippen molar-refractivity contribution in [3.05, 3.63) is 17.0 Å². The van der Waals surface area contributed by atoms with Gasteiger partial charge in [-0.2, -0.15) is 22.1 Å². The molecule has 0 unspecified atom stereocenters. The van der Waals surface area contributed by atoms with E-state index in [4.69, 9.17) is 5.11 Å². The molecule has 8 nitrogen and oxygen atoms in total. The summed E-state index contributed by atoms with van der Waals surface area (Å²) in [5.74, 6) is -1.10. The van der Waals surface area contributed by atoms with Crippen molar-refractivity contribution in [3.8, 4) is 0 Å². The van der Waals surface area contributed by atoms with Crippen molar-refractivity contribution in [1.82, 2.24) is 18.4 Å². The zero-order chi connectivity index (χ0) is 14.4. The van der Waals surface area contributed by atoms with Crippen molar-refractivity contribution < 1.29 is 18.3 Å². The highest BCUT2D eigenvalue weighted by Gasteiger charge is 2.33. The van der Waals surface area contributed by atoms with Gasteiger partial charge in [0.2, 0.25) is 0 Å². The first kappa shape index (κ1) is 14.0. The predicted molar refractivity (Wildman–Crippen MR) is 66.9 cm³/mol. The smallest absolute Gasteiger partial charge is 0.354 e. The molecular weight excluding hydrogens is 272 g/mol. The first-order valence-electron chi connectivity index (χ1n) is 5.70. The molecule has 2 heterocycles. The molecule has 0 amide bonds. The summed E-state index contributed by atoms with van der Waals surface area (Å²) in [6.07, 6.45) is 0.420. The van der Waals surface area contributed by atoms with Crippen LogP contribution in [-0.4, -0.2) is 58.5 Å². The molecule has 19 heavy (non-hydrogen) atoms. The summed E-state index contributed by atoms with van der Waals surface area (Å²) >= 11 is 0. The van der Waals surface area contributed by atoms with Crippen LogP contribution >= 0.6 is 0 Å². The van der Waals surface area contributed by atoms with Gasteiger partial charge < -0.3 is 5.11 Å². The van der Waals surface area contributed by atoms with Gasteiger partial charge in [0.25, 0.3) is 10.2 Å².